The Morgan fingerprint density at radius 1 is 1.14 bits per heavy atom. The van der Waals surface area contributed by atoms with Crippen molar-refractivity contribution in [2.24, 2.45) is 0 Å². The molecule has 0 aliphatic carbocycles. The highest BCUT2D eigenvalue weighted by Gasteiger charge is 2.12. The summed E-state index contributed by atoms with van der Waals surface area (Å²) in [5, 5.41) is 3.37. The van der Waals surface area contributed by atoms with Crippen LogP contribution >= 0.6 is 11.3 Å². The number of anilines is 1. The van der Waals surface area contributed by atoms with Gasteiger partial charge in [0.1, 0.15) is 16.6 Å². The predicted octanol–water partition coefficient (Wildman–Crippen LogP) is 3.73. The third kappa shape index (κ3) is 3.65. The Labute approximate surface area is 166 Å². The lowest BCUT2D eigenvalue weighted by Crippen LogP contribution is -2.24. The van der Waals surface area contributed by atoms with Gasteiger partial charge in [0.05, 0.1) is 15.8 Å². The first-order chi connectivity index (χ1) is 13.6. The molecule has 4 aromatic rings. The van der Waals surface area contributed by atoms with Crippen LogP contribution < -0.4 is 15.8 Å². The van der Waals surface area contributed by atoms with Gasteiger partial charge in [0.2, 0.25) is 0 Å². The van der Waals surface area contributed by atoms with Gasteiger partial charge in [-0.1, -0.05) is 24.3 Å². The number of nitrogens with two attached hydrogens (primary N) is 1. The first-order valence-electron chi connectivity index (χ1n) is 8.69. The summed E-state index contributed by atoms with van der Waals surface area (Å²) in [6, 6.07) is 17.5. The lowest BCUT2D eigenvalue weighted by molar-refractivity contribution is -0.122. The molecule has 3 N–H and O–H groups in total. The average molecular weight is 390 g/mol. The van der Waals surface area contributed by atoms with Crippen LogP contribution in [-0.4, -0.2) is 29.5 Å². The number of nitrogens with one attached hydrogen (secondary N) is 1. The second kappa shape index (κ2) is 7.66. The summed E-state index contributed by atoms with van der Waals surface area (Å²) in [4.78, 5) is 20.3. The van der Waals surface area contributed by atoms with Crippen molar-refractivity contribution in [1.82, 2.24) is 15.3 Å². The number of rotatable bonds is 5. The third-order valence-electron chi connectivity index (χ3n) is 4.28. The van der Waals surface area contributed by atoms with Crippen molar-refractivity contribution in [3.05, 3.63) is 60.8 Å². The number of amides is 1. The Balaban J connectivity index is 1.62. The molecule has 0 atom stereocenters. The molecule has 140 valence electrons. The molecule has 2 aromatic carbocycles. The SMILES string of the molecule is CNC(=O)COc1ccc(-c2cnc(N)c(-c3nc4ccccc4s3)c2)cc1. The fourth-order valence-corrected chi connectivity index (χ4v) is 3.75. The first-order valence-corrected chi connectivity index (χ1v) is 9.51. The smallest absolute Gasteiger partial charge is 0.257 e. The van der Waals surface area contributed by atoms with E-state index in [1.807, 2.05) is 54.6 Å². The summed E-state index contributed by atoms with van der Waals surface area (Å²) < 4.78 is 6.55. The molecule has 0 aliphatic rings. The maximum Gasteiger partial charge on any atom is 0.257 e. The van der Waals surface area contributed by atoms with E-state index < -0.39 is 0 Å². The Kier molecular flexibility index (Phi) is 4.90. The monoisotopic (exact) mass is 390 g/mol. The third-order valence-corrected chi connectivity index (χ3v) is 5.35. The zero-order valence-corrected chi connectivity index (χ0v) is 16.0. The molecule has 4 rings (SSSR count). The van der Waals surface area contributed by atoms with Gasteiger partial charge in [0, 0.05) is 18.8 Å². The minimum absolute atomic E-state index is 0.0129. The Morgan fingerprint density at radius 2 is 1.93 bits per heavy atom. The van der Waals surface area contributed by atoms with Crippen molar-refractivity contribution < 1.29 is 9.53 Å². The van der Waals surface area contributed by atoms with Gasteiger partial charge in [-0.25, -0.2) is 9.97 Å². The molecule has 6 nitrogen and oxygen atoms in total. The summed E-state index contributed by atoms with van der Waals surface area (Å²) in [7, 11) is 1.58. The molecule has 1 amide bonds. The number of hydrogen-bond donors (Lipinski definition) is 2. The van der Waals surface area contributed by atoms with E-state index in [4.69, 9.17) is 10.5 Å². The van der Waals surface area contributed by atoms with Gasteiger partial charge in [-0.3, -0.25) is 4.79 Å². The minimum atomic E-state index is -0.174. The van der Waals surface area contributed by atoms with E-state index in [-0.39, 0.29) is 12.5 Å². The molecule has 28 heavy (non-hydrogen) atoms. The fourth-order valence-electron chi connectivity index (χ4n) is 2.76. The number of pyridine rings is 1. The number of aromatic nitrogens is 2. The standard InChI is InChI=1S/C21H18N4O2S/c1-23-19(26)12-27-15-8-6-13(7-9-15)14-10-16(20(22)24-11-14)21-25-17-4-2-3-5-18(17)28-21/h2-11H,12H2,1H3,(H2,22,24)(H,23,26). The predicted molar refractivity (Wildman–Crippen MR) is 112 cm³/mol. The summed E-state index contributed by atoms with van der Waals surface area (Å²) in [6.45, 7) is -0.0129. The van der Waals surface area contributed by atoms with Gasteiger partial charge in [0.15, 0.2) is 6.61 Å². The Bertz CT molecular complexity index is 1110. The second-order valence-electron chi connectivity index (χ2n) is 6.13. The molecule has 0 saturated heterocycles. The van der Waals surface area contributed by atoms with Crippen molar-refractivity contribution in [2.45, 2.75) is 0 Å². The quantitative estimate of drug-likeness (QED) is 0.542. The number of thiazole rings is 1. The van der Waals surface area contributed by atoms with Gasteiger partial charge in [-0.15, -0.1) is 11.3 Å². The van der Waals surface area contributed by atoms with E-state index in [9.17, 15) is 4.79 Å². The van der Waals surface area contributed by atoms with Crippen molar-refractivity contribution in [1.29, 1.82) is 0 Å². The molecule has 0 saturated carbocycles. The van der Waals surface area contributed by atoms with E-state index >= 15 is 0 Å². The number of carbonyl (C=O) groups excluding carboxylic acids is 1. The molecular formula is C21H18N4O2S. The highest BCUT2D eigenvalue weighted by atomic mass is 32.1. The molecule has 0 aliphatic heterocycles. The summed E-state index contributed by atoms with van der Waals surface area (Å²) in [6.07, 6.45) is 1.74. The van der Waals surface area contributed by atoms with E-state index in [0.29, 0.717) is 11.6 Å². The zero-order chi connectivity index (χ0) is 19.5. The van der Waals surface area contributed by atoms with Crippen LogP contribution in [0.5, 0.6) is 5.75 Å². The molecule has 7 heteroatoms. The van der Waals surface area contributed by atoms with Crippen molar-refractivity contribution in [3.63, 3.8) is 0 Å². The van der Waals surface area contributed by atoms with Crippen LogP contribution in [-0.2, 0) is 4.79 Å². The van der Waals surface area contributed by atoms with Crippen molar-refractivity contribution >= 4 is 33.3 Å². The van der Waals surface area contributed by atoms with Crippen LogP contribution in [0.25, 0.3) is 31.9 Å². The molecule has 2 aromatic heterocycles. The molecule has 0 bridgehead atoms. The molecule has 0 unspecified atom stereocenters. The highest BCUT2D eigenvalue weighted by Crippen LogP contribution is 2.35. The van der Waals surface area contributed by atoms with Gasteiger partial charge in [-0.2, -0.15) is 0 Å². The number of carbonyl (C=O) groups is 1. The number of hydrogen-bond acceptors (Lipinski definition) is 6. The summed E-state index contributed by atoms with van der Waals surface area (Å²) in [5.74, 6) is 0.905. The number of para-hydroxylation sites is 1. The molecule has 0 spiro atoms. The Morgan fingerprint density at radius 3 is 2.68 bits per heavy atom. The van der Waals surface area contributed by atoms with Gasteiger partial charge < -0.3 is 15.8 Å². The van der Waals surface area contributed by atoms with E-state index in [1.165, 1.54) is 0 Å². The average Bonchev–Trinajstić information content (AvgIpc) is 3.16. The van der Waals surface area contributed by atoms with Crippen LogP contribution in [0.3, 0.4) is 0 Å². The van der Waals surface area contributed by atoms with E-state index in [2.05, 4.69) is 15.3 Å². The second-order valence-corrected chi connectivity index (χ2v) is 7.16. The number of ether oxygens (including phenoxy) is 1. The molecule has 0 radical (unpaired) electrons. The number of nitrogen functional groups attached to an aromatic ring is 1. The van der Waals surface area contributed by atoms with Crippen LogP contribution in [0.2, 0.25) is 0 Å². The maximum absolute atomic E-state index is 11.3. The fraction of sp³-hybridized carbons (Fsp3) is 0.0952. The number of nitrogens with zero attached hydrogens (tertiary/aromatic N) is 2. The molecule has 2 heterocycles. The largest absolute Gasteiger partial charge is 0.484 e. The maximum atomic E-state index is 11.3. The van der Waals surface area contributed by atoms with Crippen LogP contribution in [0.4, 0.5) is 5.82 Å². The first kappa shape index (κ1) is 17.9. The topological polar surface area (TPSA) is 90.1 Å². The summed E-state index contributed by atoms with van der Waals surface area (Å²) >= 11 is 1.59. The zero-order valence-electron chi connectivity index (χ0n) is 15.2. The number of likely N-dealkylation sites (N-methyl/N-ethyl adjacent to an activating group) is 1. The highest BCUT2D eigenvalue weighted by molar-refractivity contribution is 7.21. The van der Waals surface area contributed by atoms with Crippen LogP contribution in [0.15, 0.2) is 60.8 Å². The minimum Gasteiger partial charge on any atom is -0.484 e. The molecule has 0 fully saturated rings. The van der Waals surface area contributed by atoms with E-state index in [0.717, 1.165) is 31.9 Å². The number of benzene rings is 2. The van der Waals surface area contributed by atoms with Gasteiger partial charge in [-0.05, 0) is 35.9 Å². The lowest BCUT2D eigenvalue weighted by atomic mass is 10.1. The van der Waals surface area contributed by atoms with Gasteiger partial charge >= 0.3 is 0 Å². The van der Waals surface area contributed by atoms with Crippen molar-refractivity contribution in [2.75, 3.05) is 19.4 Å². The van der Waals surface area contributed by atoms with Gasteiger partial charge in [0.25, 0.3) is 5.91 Å². The van der Waals surface area contributed by atoms with Crippen LogP contribution in [0.1, 0.15) is 0 Å². The van der Waals surface area contributed by atoms with E-state index in [1.54, 1.807) is 24.6 Å². The van der Waals surface area contributed by atoms with Crippen LogP contribution in [0, 0.1) is 0 Å². The number of fused-ring (bicyclic) bond motifs is 1. The summed E-state index contributed by atoms with van der Waals surface area (Å²) in [5.41, 5.74) is 9.80. The van der Waals surface area contributed by atoms with Crippen molar-refractivity contribution in [3.8, 4) is 27.4 Å². The Hall–Kier alpha value is -3.45. The normalized spacial score (nSPS) is 10.8. The molecular weight excluding hydrogens is 372 g/mol. The lowest BCUT2D eigenvalue weighted by Gasteiger charge is -2.08.